The first-order valence-corrected chi connectivity index (χ1v) is 26.7. The van der Waals surface area contributed by atoms with Crippen molar-refractivity contribution in [2.45, 2.75) is 115 Å². The molecule has 11 heteroatoms. The minimum Gasteiger partial charge on any atom is -0.436 e. The summed E-state index contributed by atoms with van der Waals surface area (Å²) in [6, 6.07) is 3.18. The van der Waals surface area contributed by atoms with Crippen LogP contribution in [0.25, 0.3) is 0 Å². The highest BCUT2D eigenvalue weighted by atomic mass is 28.5. The van der Waals surface area contributed by atoms with E-state index >= 15 is 0 Å². The maximum absolute atomic E-state index is 6.81. The molecule has 6 nitrogen and oxygen atoms in total. The lowest BCUT2D eigenvalue weighted by Gasteiger charge is -2.41. The second-order valence-electron chi connectivity index (χ2n) is 12.1. The highest BCUT2D eigenvalue weighted by Crippen LogP contribution is 2.42. The Morgan fingerprint density at radius 2 is 1.19 bits per heavy atom. The summed E-state index contributed by atoms with van der Waals surface area (Å²) in [4.78, 5) is 0. The Bertz CT molecular complexity index is 611. The van der Waals surface area contributed by atoms with Crippen LogP contribution >= 0.6 is 0 Å². The highest BCUT2D eigenvalue weighted by Gasteiger charge is 2.46. The predicted octanol–water partition coefficient (Wildman–Crippen LogP) is 6.17. The molecule has 3 atom stereocenters. The lowest BCUT2D eigenvalue weighted by molar-refractivity contribution is 0.250. The number of hydrogen-bond donors (Lipinski definition) is 0. The number of ether oxygens (including phenoxy) is 1. The first-order valence-electron chi connectivity index (χ1n) is 12.4. The fraction of sp³-hybridized carbons (Fsp3) is 1.00. The van der Waals surface area contributed by atoms with E-state index in [0.717, 1.165) is 18.0 Å². The summed E-state index contributed by atoms with van der Waals surface area (Å²) in [7, 11) is -6.85. The number of rotatable bonds is 14. The fourth-order valence-corrected chi connectivity index (χ4v) is 28.4. The van der Waals surface area contributed by atoms with E-state index in [1.54, 1.807) is 14.2 Å². The molecule has 2 aliphatic rings. The Labute approximate surface area is 203 Å². The predicted molar refractivity (Wildman–Crippen MR) is 144 cm³/mol. The Balaban J connectivity index is 1.84. The van der Waals surface area contributed by atoms with Crippen LogP contribution in [0.1, 0.15) is 25.7 Å². The third kappa shape index (κ3) is 9.84. The van der Waals surface area contributed by atoms with Crippen molar-refractivity contribution in [2.75, 3.05) is 14.2 Å². The smallest absolute Gasteiger partial charge is 0.334 e. The van der Waals surface area contributed by atoms with Crippen molar-refractivity contribution in [2.24, 2.45) is 5.92 Å². The van der Waals surface area contributed by atoms with Crippen LogP contribution in [-0.2, 0) is 25.9 Å². The monoisotopic (exact) mass is 538 g/mol. The van der Waals surface area contributed by atoms with Gasteiger partial charge < -0.3 is 25.9 Å². The second kappa shape index (κ2) is 10.8. The quantitative estimate of drug-likeness (QED) is 0.195. The van der Waals surface area contributed by atoms with E-state index in [1.807, 2.05) is 0 Å². The van der Waals surface area contributed by atoms with Crippen LogP contribution in [0.3, 0.4) is 0 Å². The molecule has 1 saturated carbocycles. The van der Waals surface area contributed by atoms with Crippen molar-refractivity contribution in [3.8, 4) is 0 Å². The molecule has 0 aromatic carbocycles. The molecule has 3 unspecified atom stereocenters. The molecule has 32 heavy (non-hydrogen) atoms. The van der Waals surface area contributed by atoms with E-state index in [9.17, 15) is 0 Å². The maximum atomic E-state index is 6.81. The normalized spacial score (nSPS) is 25.0. The van der Waals surface area contributed by atoms with Gasteiger partial charge in [0.05, 0.1) is 12.2 Å². The van der Waals surface area contributed by atoms with Crippen LogP contribution < -0.4 is 0 Å². The van der Waals surface area contributed by atoms with E-state index in [4.69, 9.17) is 25.9 Å². The molecule has 2 rings (SSSR count). The van der Waals surface area contributed by atoms with Gasteiger partial charge in [0.1, 0.15) is 0 Å². The van der Waals surface area contributed by atoms with Gasteiger partial charge in [-0.15, -0.1) is 0 Å². The molecule has 0 bridgehead atoms. The van der Waals surface area contributed by atoms with Gasteiger partial charge in [0.15, 0.2) is 16.6 Å². The number of hydrogen-bond acceptors (Lipinski definition) is 6. The average molecular weight is 539 g/mol. The Morgan fingerprint density at radius 1 is 0.656 bits per heavy atom. The average Bonchev–Trinajstić information content (AvgIpc) is 3.40. The lowest BCUT2D eigenvalue weighted by atomic mass is 9.88. The molecule has 0 aromatic rings. The van der Waals surface area contributed by atoms with Crippen LogP contribution in [0, 0.1) is 5.92 Å². The van der Waals surface area contributed by atoms with E-state index in [1.165, 1.54) is 31.7 Å². The highest BCUT2D eigenvalue weighted by molar-refractivity contribution is 6.89. The minimum atomic E-state index is -2.31. The van der Waals surface area contributed by atoms with Crippen LogP contribution in [-0.4, -0.2) is 68.7 Å². The van der Waals surface area contributed by atoms with Crippen molar-refractivity contribution in [1.82, 2.24) is 0 Å². The van der Waals surface area contributed by atoms with Crippen molar-refractivity contribution < 1.29 is 25.9 Å². The van der Waals surface area contributed by atoms with E-state index in [0.29, 0.717) is 12.2 Å². The summed E-state index contributed by atoms with van der Waals surface area (Å²) >= 11 is 0. The fourth-order valence-electron chi connectivity index (χ4n) is 5.18. The van der Waals surface area contributed by atoms with Gasteiger partial charge in [0.2, 0.25) is 0 Å². The lowest BCUT2D eigenvalue weighted by Crippen LogP contribution is -2.56. The molecule has 1 saturated heterocycles. The summed E-state index contributed by atoms with van der Waals surface area (Å²) in [5.41, 5.74) is 0. The van der Waals surface area contributed by atoms with Crippen LogP contribution in [0.2, 0.25) is 77.1 Å². The van der Waals surface area contributed by atoms with E-state index < -0.39 is 42.3 Å². The molecule has 0 amide bonds. The molecular weight excluding hydrogens is 489 g/mol. The molecule has 1 heterocycles. The third-order valence-corrected chi connectivity index (χ3v) is 25.5. The largest absolute Gasteiger partial charge is 0.436 e. The van der Waals surface area contributed by atoms with Crippen molar-refractivity contribution in [3.63, 3.8) is 0 Å². The summed E-state index contributed by atoms with van der Waals surface area (Å²) < 4.78 is 37.4. The summed E-state index contributed by atoms with van der Waals surface area (Å²) in [6.07, 6.45) is 6.27. The van der Waals surface area contributed by atoms with Crippen molar-refractivity contribution in [1.29, 1.82) is 0 Å². The number of epoxide rings is 1. The Kier molecular flexibility index (Phi) is 9.86. The summed E-state index contributed by atoms with van der Waals surface area (Å²) in [5, 5.41) is 0. The zero-order valence-corrected chi connectivity index (χ0v) is 27.6. The van der Waals surface area contributed by atoms with Crippen LogP contribution in [0.15, 0.2) is 0 Å². The molecule has 2 fully saturated rings. The minimum absolute atomic E-state index is 0.568. The van der Waals surface area contributed by atoms with E-state index in [2.05, 4.69) is 58.9 Å². The maximum Gasteiger partial charge on any atom is 0.334 e. The first kappa shape index (κ1) is 29.1. The van der Waals surface area contributed by atoms with Gasteiger partial charge in [-0.1, -0.05) is 6.42 Å². The first-order chi connectivity index (χ1) is 14.5. The van der Waals surface area contributed by atoms with Gasteiger partial charge in [-0.25, -0.2) is 0 Å². The topological polar surface area (TPSA) is 58.7 Å². The van der Waals surface area contributed by atoms with Gasteiger partial charge in [0.25, 0.3) is 0 Å². The zero-order chi connectivity index (χ0) is 24.4. The van der Waals surface area contributed by atoms with Crippen LogP contribution in [0.4, 0.5) is 0 Å². The molecule has 0 N–H and O–H groups in total. The standard InChI is InChI=1S/C21H50O6Si5/c1-22-32(11,23-2)17-16-29(5,6)26-31(9,10)27-30(7,8)25-28(3,4)15-14-19-12-13-20-21(18-19)24-20/h19-21H,12-18H2,1-11H3. The second-order valence-corrected chi connectivity index (χ2v) is 31.8. The molecule has 1 aliphatic carbocycles. The molecule has 0 radical (unpaired) electrons. The Morgan fingerprint density at radius 3 is 1.69 bits per heavy atom. The van der Waals surface area contributed by atoms with Gasteiger partial charge in [0, 0.05) is 14.2 Å². The molecular formula is C21H50O6Si5. The number of fused-ring (bicyclic) bond motifs is 1. The van der Waals surface area contributed by atoms with E-state index in [-0.39, 0.29) is 0 Å². The van der Waals surface area contributed by atoms with Gasteiger partial charge in [-0.3, -0.25) is 0 Å². The van der Waals surface area contributed by atoms with Crippen LogP contribution in [0.5, 0.6) is 0 Å². The van der Waals surface area contributed by atoms with Crippen molar-refractivity contribution >= 4 is 42.3 Å². The molecule has 190 valence electrons. The van der Waals surface area contributed by atoms with Gasteiger partial charge in [-0.05, 0) is 102 Å². The summed E-state index contributed by atoms with van der Waals surface area (Å²) in [5.74, 6) is 0.814. The van der Waals surface area contributed by atoms with Gasteiger partial charge >= 0.3 is 25.7 Å². The summed E-state index contributed by atoms with van der Waals surface area (Å²) in [6.45, 7) is 20.2. The zero-order valence-electron chi connectivity index (χ0n) is 22.6. The molecule has 1 aliphatic heterocycles. The molecule has 0 spiro atoms. The van der Waals surface area contributed by atoms with Gasteiger partial charge in [-0.2, -0.15) is 0 Å². The third-order valence-electron chi connectivity index (χ3n) is 6.85. The van der Waals surface area contributed by atoms with Crippen molar-refractivity contribution in [3.05, 3.63) is 0 Å². The SMILES string of the molecule is CO[Si](C)(CC[Si](C)(C)O[Si](C)(C)O[Si](C)(C)O[Si](C)(C)CCC1CCC2OC2C1)OC. The Hall–Kier alpha value is 0.844. The molecule has 0 aromatic heterocycles.